The van der Waals surface area contributed by atoms with E-state index in [-0.39, 0.29) is 6.04 Å². The van der Waals surface area contributed by atoms with Crippen molar-refractivity contribution < 1.29 is 14.6 Å². The third-order valence-corrected chi connectivity index (χ3v) is 4.16. The van der Waals surface area contributed by atoms with Crippen molar-refractivity contribution in [1.82, 2.24) is 5.32 Å². The Morgan fingerprint density at radius 1 is 1.24 bits per heavy atom. The molecule has 0 bridgehead atoms. The van der Waals surface area contributed by atoms with E-state index in [2.05, 4.69) is 29.1 Å². The molecule has 4 nitrogen and oxygen atoms in total. The van der Waals surface area contributed by atoms with Crippen LogP contribution in [0.3, 0.4) is 0 Å². The number of benzene rings is 1. The summed E-state index contributed by atoms with van der Waals surface area (Å²) >= 11 is 1.67. The molecule has 1 heterocycles. The number of ether oxygens (including phenoxy) is 2. The van der Waals surface area contributed by atoms with E-state index in [1.807, 2.05) is 6.07 Å². The van der Waals surface area contributed by atoms with Gasteiger partial charge in [-0.05, 0) is 47.5 Å². The van der Waals surface area contributed by atoms with Gasteiger partial charge in [0.05, 0.1) is 20.3 Å². The first-order valence-corrected chi connectivity index (χ1v) is 7.75. The van der Waals surface area contributed by atoms with Gasteiger partial charge in [0.25, 0.3) is 0 Å². The molecule has 5 heteroatoms. The molecule has 0 fully saturated rings. The van der Waals surface area contributed by atoms with Crippen LogP contribution in [0.2, 0.25) is 0 Å². The van der Waals surface area contributed by atoms with Gasteiger partial charge in [-0.25, -0.2) is 0 Å². The fourth-order valence-corrected chi connectivity index (χ4v) is 2.89. The van der Waals surface area contributed by atoms with Crippen molar-refractivity contribution in [3.05, 3.63) is 46.2 Å². The molecule has 1 aromatic carbocycles. The Morgan fingerprint density at radius 2 is 2.05 bits per heavy atom. The molecule has 2 unspecified atom stereocenters. The van der Waals surface area contributed by atoms with Crippen molar-refractivity contribution >= 4 is 11.3 Å². The Bertz CT molecular complexity index is 557. The second kappa shape index (κ2) is 7.45. The lowest BCUT2D eigenvalue weighted by atomic mass is 10.1. The molecule has 114 valence electrons. The molecule has 0 aliphatic heterocycles. The molecule has 21 heavy (non-hydrogen) atoms. The Kier molecular flexibility index (Phi) is 5.61. The summed E-state index contributed by atoms with van der Waals surface area (Å²) in [7, 11) is 3.20. The van der Waals surface area contributed by atoms with E-state index in [1.54, 1.807) is 37.7 Å². The number of thiophene rings is 1. The van der Waals surface area contributed by atoms with Crippen molar-refractivity contribution in [2.45, 2.75) is 19.1 Å². The van der Waals surface area contributed by atoms with Crippen LogP contribution in [0.25, 0.3) is 0 Å². The fourth-order valence-electron chi connectivity index (χ4n) is 2.14. The average Bonchev–Trinajstić information content (AvgIpc) is 3.06. The third kappa shape index (κ3) is 3.97. The maximum Gasteiger partial charge on any atom is 0.124 e. The predicted molar refractivity (Wildman–Crippen MR) is 85.2 cm³/mol. The number of rotatable bonds is 7. The van der Waals surface area contributed by atoms with E-state index < -0.39 is 6.10 Å². The Morgan fingerprint density at radius 3 is 2.67 bits per heavy atom. The van der Waals surface area contributed by atoms with E-state index in [4.69, 9.17) is 9.47 Å². The van der Waals surface area contributed by atoms with Gasteiger partial charge < -0.3 is 19.9 Å². The van der Waals surface area contributed by atoms with Crippen molar-refractivity contribution in [2.24, 2.45) is 0 Å². The van der Waals surface area contributed by atoms with Gasteiger partial charge in [-0.3, -0.25) is 0 Å². The fraction of sp³-hybridized carbons (Fsp3) is 0.375. The summed E-state index contributed by atoms with van der Waals surface area (Å²) in [6, 6.07) is 7.71. The van der Waals surface area contributed by atoms with Crippen molar-refractivity contribution in [3.63, 3.8) is 0 Å². The summed E-state index contributed by atoms with van der Waals surface area (Å²) in [6.45, 7) is 2.53. The zero-order valence-corrected chi connectivity index (χ0v) is 13.3. The van der Waals surface area contributed by atoms with Crippen molar-refractivity contribution in [3.8, 4) is 11.5 Å². The molecule has 2 aromatic rings. The van der Waals surface area contributed by atoms with Crippen LogP contribution in [0.5, 0.6) is 11.5 Å². The summed E-state index contributed by atoms with van der Waals surface area (Å²) in [4.78, 5) is 0. The number of hydrogen-bond acceptors (Lipinski definition) is 5. The molecular weight excluding hydrogens is 286 g/mol. The minimum atomic E-state index is -0.656. The Balaban J connectivity index is 2.04. The molecule has 2 rings (SSSR count). The highest BCUT2D eigenvalue weighted by molar-refractivity contribution is 7.07. The van der Waals surface area contributed by atoms with Crippen LogP contribution in [0.15, 0.2) is 35.0 Å². The largest absolute Gasteiger partial charge is 0.497 e. The first-order chi connectivity index (χ1) is 10.2. The number of methoxy groups -OCH3 is 2. The lowest BCUT2D eigenvalue weighted by molar-refractivity contribution is 0.166. The summed E-state index contributed by atoms with van der Waals surface area (Å²) in [5.41, 5.74) is 1.95. The van der Waals surface area contributed by atoms with Gasteiger partial charge in [-0.15, -0.1) is 0 Å². The Hall–Kier alpha value is -1.56. The van der Waals surface area contributed by atoms with Gasteiger partial charge in [0.1, 0.15) is 11.5 Å². The van der Waals surface area contributed by atoms with Gasteiger partial charge in [-0.2, -0.15) is 11.3 Å². The molecule has 0 aliphatic rings. The maximum absolute atomic E-state index is 10.4. The Labute approximate surface area is 129 Å². The van der Waals surface area contributed by atoms with E-state index >= 15 is 0 Å². The molecule has 1 aromatic heterocycles. The van der Waals surface area contributed by atoms with Gasteiger partial charge in [0.2, 0.25) is 0 Å². The smallest absolute Gasteiger partial charge is 0.124 e. The number of nitrogens with one attached hydrogen (secondary N) is 1. The third-order valence-electron chi connectivity index (χ3n) is 3.46. The van der Waals surface area contributed by atoms with E-state index in [1.165, 1.54) is 5.56 Å². The molecule has 0 saturated heterocycles. The highest BCUT2D eigenvalue weighted by Crippen LogP contribution is 2.29. The molecule has 0 saturated carbocycles. The molecular formula is C16H21NO3S. The number of aliphatic hydroxyl groups is 1. The van der Waals surface area contributed by atoms with Crippen LogP contribution < -0.4 is 14.8 Å². The first-order valence-electron chi connectivity index (χ1n) is 6.81. The zero-order chi connectivity index (χ0) is 15.2. The van der Waals surface area contributed by atoms with Crippen LogP contribution in [0, 0.1) is 0 Å². The van der Waals surface area contributed by atoms with Crippen LogP contribution >= 0.6 is 11.3 Å². The van der Waals surface area contributed by atoms with Crippen LogP contribution in [-0.4, -0.2) is 25.9 Å². The zero-order valence-electron chi connectivity index (χ0n) is 12.5. The average molecular weight is 307 g/mol. The summed E-state index contributed by atoms with van der Waals surface area (Å²) < 4.78 is 10.5. The lowest BCUT2D eigenvalue weighted by Gasteiger charge is -2.19. The van der Waals surface area contributed by atoms with Crippen molar-refractivity contribution in [1.29, 1.82) is 0 Å². The molecule has 0 radical (unpaired) electrons. The van der Waals surface area contributed by atoms with E-state index in [0.717, 1.165) is 5.56 Å². The topological polar surface area (TPSA) is 50.7 Å². The molecule has 2 atom stereocenters. The highest BCUT2D eigenvalue weighted by Gasteiger charge is 2.16. The molecule has 0 amide bonds. The van der Waals surface area contributed by atoms with Gasteiger partial charge in [0, 0.05) is 18.2 Å². The standard InChI is InChI=1S/C16H21NO3S/c1-11(12-6-7-21-10-12)17-9-15(18)14-8-13(19-2)4-5-16(14)20-3/h4-8,10-11,15,17-18H,9H2,1-3H3. The second-order valence-electron chi connectivity index (χ2n) is 4.81. The van der Waals surface area contributed by atoms with Crippen LogP contribution in [0.4, 0.5) is 0 Å². The highest BCUT2D eigenvalue weighted by atomic mass is 32.1. The summed E-state index contributed by atoms with van der Waals surface area (Å²) in [6.07, 6.45) is -0.656. The van der Waals surface area contributed by atoms with Gasteiger partial charge in [0.15, 0.2) is 0 Å². The van der Waals surface area contributed by atoms with Gasteiger partial charge in [-0.1, -0.05) is 0 Å². The normalized spacial score (nSPS) is 13.7. The van der Waals surface area contributed by atoms with Crippen LogP contribution in [0.1, 0.15) is 30.2 Å². The van der Waals surface area contributed by atoms with Gasteiger partial charge >= 0.3 is 0 Å². The predicted octanol–water partition coefficient (Wildman–Crippen LogP) is 3.15. The maximum atomic E-state index is 10.4. The van der Waals surface area contributed by atoms with E-state index in [9.17, 15) is 5.11 Å². The second-order valence-corrected chi connectivity index (χ2v) is 5.59. The first kappa shape index (κ1) is 15.8. The van der Waals surface area contributed by atoms with E-state index in [0.29, 0.717) is 18.0 Å². The minimum Gasteiger partial charge on any atom is -0.497 e. The monoisotopic (exact) mass is 307 g/mol. The number of hydrogen-bond donors (Lipinski definition) is 2. The molecule has 0 aliphatic carbocycles. The lowest BCUT2D eigenvalue weighted by Crippen LogP contribution is -2.24. The summed E-state index contributed by atoms with van der Waals surface area (Å²) in [5.74, 6) is 1.36. The quantitative estimate of drug-likeness (QED) is 0.825. The summed E-state index contributed by atoms with van der Waals surface area (Å²) in [5, 5.41) is 17.9. The SMILES string of the molecule is COc1ccc(OC)c(C(O)CNC(C)c2ccsc2)c1. The molecule has 0 spiro atoms. The van der Waals surface area contributed by atoms with Crippen molar-refractivity contribution in [2.75, 3.05) is 20.8 Å². The minimum absolute atomic E-state index is 0.197. The number of aliphatic hydroxyl groups excluding tert-OH is 1. The molecule has 2 N–H and O–H groups in total. The van der Waals surface area contributed by atoms with Crippen LogP contribution in [-0.2, 0) is 0 Å².